The van der Waals surface area contributed by atoms with Crippen molar-refractivity contribution >= 4 is 11.6 Å². The van der Waals surface area contributed by atoms with Crippen LogP contribution in [-0.4, -0.2) is 48.5 Å². The number of halogens is 1. The number of rotatable bonds is 5. The predicted octanol–water partition coefficient (Wildman–Crippen LogP) is 3.72. The number of fused-ring (bicyclic) bond motifs is 1. The molecular formula is C22H26ClNO3. The molecule has 4 nitrogen and oxygen atoms in total. The lowest BCUT2D eigenvalue weighted by molar-refractivity contribution is -0.0264. The maximum Gasteiger partial charge on any atom is 0.123 e. The van der Waals surface area contributed by atoms with Gasteiger partial charge in [0.1, 0.15) is 17.6 Å². The maximum absolute atomic E-state index is 11.0. The number of hydrogen-bond acceptors (Lipinski definition) is 4. The Morgan fingerprint density at radius 1 is 1.19 bits per heavy atom. The molecule has 0 amide bonds. The van der Waals surface area contributed by atoms with Crippen molar-refractivity contribution in [1.29, 1.82) is 0 Å². The Bertz CT molecular complexity index is 785. The van der Waals surface area contributed by atoms with E-state index in [1.807, 2.05) is 36.4 Å². The third-order valence-electron chi connectivity index (χ3n) is 5.70. The molecule has 0 bridgehead atoms. The van der Waals surface area contributed by atoms with Crippen molar-refractivity contribution in [2.75, 3.05) is 26.7 Å². The topological polar surface area (TPSA) is 41.9 Å². The van der Waals surface area contributed by atoms with Gasteiger partial charge in [0.2, 0.25) is 0 Å². The van der Waals surface area contributed by atoms with Gasteiger partial charge in [-0.2, -0.15) is 0 Å². The third kappa shape index (κ3) is 4.40. The van der Waals surface area contributed by atoms with Crippen LogP contribution < -0.4 is 9.47 Å². The predicted molar refractivity (Wildman–Crippen MR) is 107 cm³/mol. The Morgan fingerprint density at radius 3 is 2.63 bits per heavy atom. The van der Waals surface area contributed by atoms with Gasteiger partial charge < -0.3 is 14.6 Å². The highest BCUT2D eigenvalue weighted by molar-refractivity contribution is 6.30. The zero-order valence-corrected chi connectivity index (χ0v) is 16.4. The van der Waals surface area contributed by atoms with E-state index in [4.69, 9.17) is 21.1 Å². The number of likely N-dealkylation sites (tertiary alicyclic amines) is 1. The maximum atomic E-state index is 11.0. The Hall–Kier alpha value is -1.75. The summed E-state index contributed by atoms with van der Waals surface area (Å²) in [6, 6.07) is 13.8. The molecule has 1 saturated heterocycles. The van der Waals surface area contributed by atoms with Gasteiger partial charge in [0.25, 0.3) is 0 Å². The van der Waals surface area contributed by atoms with Gasteiger partial charge in [0.15, 0.2) is 0 Å². The molecule has 0 aromatic heterocycles. The average Bonchev–Trinajstić information content (AvgIpc) is 3.07. The average molecular weight is 388 g/mol. The van der Waals surface area contributed by atoms with Gasteiger partial charge in [0.05, 0.1) is 12.7 Å². The van der Waals surface area contributed by atoms with Gasteiger partial charge in [0, 0.05) is 43.1 Å². The summed E-state index contributed by atoms with van der Waals surface area (Å²) >= 11 is 5.95. The molecule has 2 aliphatic heterocycles. The summed E-state index contributed by atoms with van der Waals surface area (Å²) in [6.45, 7) is 2.68. The van der Waals surface area contributed by atoms with E-state index in [0.717, 1.165) is 61.0 Å². The fourth-order valence-electron chi connectivity index (χ4n) is 4.12. The standard InChI is InChI=1S/C22H26ClNO3/c1-26-19-6-7-21-17(12-19)13-20(27-21)15-24-10-8-22(25,9-11-24)14-16-2-4-18(23)5-3-16/h2-7,12,20,25H,8-11,13-15H2,1H3. The van der Waals surface area contributed by atoms with E-state index >= 15 is 0 Å². The lowest BCUT2D eigenvalue weighted by Gasteiger charge is -2.39. The molecule has 1 fully saturated rings. The minimum absolute atomic E-state index is 0.176. The van der Waals surface area contributed by atoms with E-state index in [1.54, 1.807) is 7.11 Å². The first-order chi connectivity index (χ1) is 13.0. The van der Waals surface area contributed by atoms with Gasteiger partial charge in [-0.3, -0.25) is 4.90 Å². The quantitative estimate of drug-likeness (QED) is 0.849. The normalized spacial score (nSPS) is 21.5. The number of ether oxygens (including phenoxy) is 2. The van der Waals surface area contributed by atoms with Crippen LogP contribution in [0.3, 0.4) is 0 Å². The van der Waals surface area contributed by atoms with Crippen LogP contribution in [0.1, 0.15) is 24.0 Å². The van der Waals surface area contributed by atoms with Crippen LogP contribution in [0.2, 0.25) is 5.02 Å². The smallest absolute Gasteiger partial charge is 0.123 e. The molecule has 1 unspecified atom stereocenters. The molecule has 0 radical (unpaired) electrons. The number of nitrogens with zero attached hydrogens (tertiary/aromatic N) is 1. The van der Waals surface area contributed by atoms with Crippen molar-refractivity contribution in [3.8, 4) is 11.5 Å². The Balaban J connectivity index is 1.29. The van der Waals surface area contributed by atoms with Gasteiger partial charge in [-0.05, 0) is 48.7 Å². The lowest BCUT2D eigenvalue weighted by atomic mass is 9.85. The van der Waals surface area contributed by atoms with Crippen molar-refractivity contribution in [3.05, 3.63) is 58.6 Å². The van der Waals surface area contributed by atoms with Crippen molar-refractivity contribution in [1.82, 2.24) is 4.90 Å². The van der Waals surface area contributed by atoms with E-state index in [1.165, 1.54) is 5.56 Å². The van der Waals surface area contributed by atoms with Gasteiger partial charge in [-0.1, -0.05) is 23.7 Å². The highest BCUT2D eigenvalue weighted by Gasteiger charge is 2.34. The number of methoxy groups -OCH3 is 1. The lowest BCUT2D eigenvalue weighted by Crippen LogP contribution is -2.48. The van der Waals surface area contributed by atoms with Crippen LogP contribution in [0.25, 0.3) is 0 Å². The summed E-state index contributed by atoms with van der Waals surface area (Å²) in [7, 11) is 1.69. The molecule has 5 heteroatoms. The van der Waals surface area contributed by atoms with E-state index < -0.39 is 5.60 Å². The third-order valence-corrected chi connectivity index (χ3v) is 5.96. The fourth-order valence-corrected chi connectivity index (χ4v) is 4.25. The molecule has 27 heavy (non-hydrogen) atoms. The van der Waals surface area contributed by atoms with E-state index in [-0.39, 0.29) is 6.10 Å². The van der Waals surface area contributed by atoms with E-state index in [9.17, 15) is 5.11 Å². The first kappa shape index (κ1) is 18.6. The van der Waals surface area contributed by atoms with Gasteiger partial charge >= 0.3 is 0 Å². The largest absolute Gasteiger partial charge is 0.497 e. The van der Waals surface area contributed by atoms with Crippen LogP contribution in [0.4, 0.5) is 0 Å². The number of piperidine rings is 1. The van der Waals surface area contributed by atoms with E-state index in [0.29, 0.717) is 6.42 Å². The van der Waals surface area contributed by atoms with Gasteiger partial charge in [-0.15, -0.1) is 0 Å². The molecule has 144 valence electrons. The highest BCUT2D eigenvalue weighted by atomic mass is 35.5. The Labute approximate surface area is 165 Å². The molecule has 2 aromatic carbocycles. The zero-order chi connectivity index (χ0) is 18.9. The number of hydrogen-bond donors (Lipinski definition) is 1. The van der Waals surface area contributed by atoms with Crippen LogP contribution >= 0.6 is 11.6 Å². The molecule has 2 heterocycles. The summed E-state index contributed by atoms with van der Waals surface area (Å²) in [5.41, 5.74) is 1.73. The van der Waals surface area contributed by atoms with Crippen molar-refractivity contribution in [2.24, 2.45) is 0 Å². The van der Waals surface area contributed by atoms with Gasteiger partial charge in [-0.25, -0.2) is 0 Å². The Morgan fingerprint density at radius 2 is 1.93 bits per heavy atom. The zero-order valence-electron chi connectivity index (χ0n) is 15.7. The molecule has 0 aliphatic carbocycles. The first-order valence-electron chi connectivity index (χ1n) is 9.56. The van der Waals surface area contributed by atoms with Crippen molar-refractivity contribution in [2.45, 2.75) is 37.4 Å². The summed E-state index contributed by atoms with van der Waals surface area (Å²) in [5.74, 6) is 1.85. The minimum Gasteiger partial charge on any atom is -0.497 e. The van der Waals surface area contributed by atoms with Crippen molar-refractivity contribution < 1.29 is 14.6 Å². The molecule has 2 aromatic rings. The molecular weight excluding hydrogens is 362 g/mol. The molecule has 2 aliphatic rings. The molecule has 4 rings (SSSR count). The molecule has 0 saturated carbocycles. The molecule has 1 N–H and O–H groups in total. The summed E-state index contributed by atoms with van der Waals surface area (Å²) in [4.78, 5) is 2.41. The number of aliphatic hydroxyl groups is 1. The summed E-state index contributed by atoms with van der Waals surface area (Å²) in [6.07, 6.45) is 3.34. The second kappa shape index (κ2) is 7.70. The second-order valence-corrected chi connectivity index (χ2v) is 8.18. The first-order valence-corrected chi connectivity index (χ1v) is 9.94. The molecule has 0 spiro atoms. The van der Waals surface area contributed by atoms with Crippen molar-refractivity contribution in [3.63, 3.8) is 0 Å². The van der Waals surface area contributed by atoms with Crippen LogP contribution in [0.15, 0.2) is 42.5 Å². The fraction of sp³-hybridized carbons (Fsp3) is 0.455. The Kier molecular flexibility index (Phi) is 5.31. The van der Waals surface area contributed by atoms with Crippen LogP contribution in [0, 0.1) is 0 Å². The minimum atomic E-state index is -0.628. The SMILES string of the molecule is COc1ccc2c(c1)CC(CN1CCC(O)(Cc3ccc(Cl)cc3)CC1)O2. The monoisotopic (exact) mass is 387 g/mol. The van der Waals surface area contributed by atoms with E-state index in [2.05, 4.69) is 11.0 Å². The van der Waals surface area contributed by atoms with Crippen LogP contribution in [0.5, 0.6) is 11.5 Å². The number of benzene rings is 2. The summed E-state index contributed by atoms with van der Waals surface area (Å²) < 4.78 is 11.4. The molecule has 1 atom stereocenters. The van der Waals surface area contributed by atoms with Crippen LogP contribution in [-0.2, 0) is 12.8 Å². The summed E-state index contributed by atoms with van der Waals surface area (Å²) in [5, 5.41) is 11.7. The second-order valence-electron chi connectivity index (χ2n) is 7.75. The highest BCUT2D eigenvalue weighted by Crippen LogP contribution is 2.33.